The molecule has 0 bridgehead atoms. The van der Waals surface area contributed by atoms with Crippen LogP contribution in [0.15, 0.2) is 30.3 Å². The Labute approximate surface area is 150 Å². The second kappa shape index (κ2) is 11.0. The van der Waals surface area contributed by atoms with Crippen LogP contribution in [-0.2, 0) is 16.0 Å². The number of rotatable bonds is 8. The minimum Gasteiger partial charge on any atom is -0.355 e. The molecule has 1 atom stereocenters. The van der Waals surface area contributed by atoms with Crippen LogP contribution in [0.3, 0.4) is 0 Å². The first-order valence-electron chi connectivity index (χ1n) is 8.51. The van der Waals surface area contributed by atoms with E-state index in [1.54, 1.807) is 0 Å². The van der Waals surface area contributed by atoms with Crippen molar-refractivity contribution in [2.75, 3.05) is 26.2 Å². The van der Waals surface area contributed by atoms with E-state index in [9.17, 15) is 9.59 Å². The van der Waals surface area contributed by atoms with Crippen LogP contribution >= 0.6 is 12.4 Å². The molecule has 1 aliphatic heterocycles. The lowest BCUT2D eigenvalue weighted by Gasteiger charge is -2.28. The molecule has 1 saturated heterocycles. The van der Waals surface area contributed by atoms with Crippen molar-refractivity contribution >= 4 is 24.2 Å². The molecule has 0 aromatic heterocycles. The number of hydrogen-bond donors (Lipinski definition) is 2. The largest absolute Gasteiger partial charge is 0.355 e. The molecule has 134 valence electrons. The minimum atomic E-state index is -0.0337. The van der Waals surface area contributed by atoms with Crippen LogP contribution in [0.5, 0.6) is 0 Å². The van der Waals surface area contributed by atoms with Gasteiger partial charge in [-0.2, -0.15) is 0 Å². The molecular weight excluding hydrogens is 326 g/mol. The maximum absolute atomic E-state index is 12.4. The monoisotopic (exact) mass is 353 g/mol. The Kier molecular flexibility index (Phi) is 9.42. The number of benzene rings is 1. The topological polar surface area (TPSA) is 61.4 Å². The summed E-state index contributed by atoms with van der Waals surface area (Å²) in [6.45, 7) is 5.15. The van der Waals surface area contributed by atoms with Gasteiger partial charge in [0.15, 0.2) is 0 Å². The van der Waals surface area contributed by atoms with Crippen molar-refractivity contribution < 1.29 is 9.59 Å². The lowest BCUT2D eigenvalue weighted by molar-refractivity contribution is -0.133. The van der Waals surface area contributed by atoms with Gasteiger partial charge in [-0.15, -0.1) is 12.4 Å². The molecular formula is C18H28ClN3O2. The molecule has 0 spiro atoms. The van der Waals surface area contributed by atoms with Crippen molar-refractivity contribution in [1.29, 1.82) is 0 Å². The van der Waals surface area contributed by atoms with Crippen molar-refractivity contribution in [3.63, 3.8) is 0 Å². The summed E-state index contributed by atoms with van der Waals surface area (Å²) in [5.41, 5.74) is 0.987. The second-order valence-electron chi connectivity index (χ2n) is 6.00. The first-order valence-corrected chi connectivity index (χ1v) is 8.51. The molecule has 1 heterocycles. The van der Waals surface area contributed by atoms with E-state index in [1.807, 2.05) is 35.2 Å². The summed E-state index contributed by atoms with van der Waals surface area (Å²) in [6, 6.07) is 9.94. The van der Waals surface area contributed by atoms with Gasteiger partial charge in [-0.25, -0.2) is 0 Å². The standard InChI is InChI=1S/C18H27N3O2.ClH/c1-2-12-21(16-8-10-19-14-16)18(23)9-11-20-17(22)13-15-6-4-3-5-7-15;/h3-7,16,19H,2,8-14H2,1H3,(H,20,22);1H. The molecule has 0 aliphatic carbocycles. The third-order valence-corrected chi connectivity index (χ3v) is 4.13. The Bertz CT molecular complexity index is 504. The van der Waals surface area contributed by atoms with Gasteiger partial charge in [0.2, 0.25) is 11.8 Å². The third kappa shape index (κ3) is 6.49. The first kappa shape index (κ1) is 20.5. The summed E-state index contributed by atoms with van der Waals surface area (Å²) in [4.78, 5) is 26.3. The van der Waals surface area contributed by atoms with E-state index >= 15 is 0 Å². The van der Waals surface area contributed by atoms with Gasteiger partial charge in [-0.3, -0.25) is 9.59 Å². The molecule has 1 unspecified atom stereocenters. The number of amides is 2. The van der Waals surface area contributed by atoms with E-state index in [1.165, 1.54) is 0 Å². The number of nitrogens with zero attached hydrogens (tertiary/aromatic N) is 1. The van der Waals surface area contributed by atoms with Crippen molar-refractivity contribution in [3.05, 3.63) is 35.9 Å². The summed E-state index contributed by atoms with van der Waals surface area (Å²) in [6.07, 6.45) is 2.71. The van der Waals surface area contributed by atoms with Crippen LogP contribution in [0, 0.1) is 0 Å². The summed E-state index contributed by atoms with van der Waals surface area (Å²) in [5, 5.41) is 6.15. The van der Waals surface area contributed by atoms with Crippen molar-refractivity contribution in [2.24, 2.45) is 0 Å². The molecule has 1 aromatic carbocycles. The van der Waals surface area contributed by atoms with E-state index in [0.29, 0.717) is 25.4 Å². The van der Waals surface area contributed by atoms with E-state index in [4.69, 9.17) is 0 Å². The van der Waals surface area contributed by atoms with Gasteiger partial charge in [0.25, 0.3) is 0 Å². The lowest BCUT2D eigenvalue weighted by Crippen LogP contribution is -2.43. The molecule has 1 aliphatic rings. The molecule has 6 heteroatoms. The highest BCUT2D eigenvalue weighted by Crippen LogP contribution is 2.10. The SMILES string of the molecule is CCCN(C(=O)CCNC(=O)Cc1ccccc1)C1CCNC1.Cl. The van der Waals surface area contributed by atoms with Crippen molar-refractivity contribution in [1.82, 2.24) is 15.5 Å². The zero-order chi connectivity index (χ0) is 16.5. The van der Waals surface area contributed by atoms with E-state index in [0.717, 1.165) is 38.0 Å². The number of carbonyl (C=O) groups excluding carboxylic acids is 2. The molecule has 2 amide bonds. The van der Waals surface area contributed by atoms with E-state index < -0.39 is 0 Å². The Morgan fingerprint density at radius 2 is 2.04 bits per heavy atom. The maximum atomic E-state index is 12.4. The number of hydrogen-bond acceptors (Lipinski definition) is 3. The number of carbonyl (C=O) groups is 2. The van der Waals surface area contributed by atoms with Gasteiger partial charge in [-0.1, -0.05) is 37.3 Å². The second-order valence-corrected chi connectivity index (χ2v) is 6.00. The average molecular weight is 354 g/mol. The first-order chi connectivity index (χ1) is 11.2. The molecule has 0 saturated carbocycles. The maximum Gasteiger partial charge on any atom is 0.224 e. The minimum absolute atomic E-state index is 0. The Balaban J connectivity index is 0.00000288. The predicted octanol–water partition coefficient (Wildman–Crippen LogP) is 1.76. The van der Waals surface area contributed by atoms with Crippen LogP contribution in [0.1, 0.15) is 31.7 Å². The highest BCUT2D eigenvalue weighted by atomic mass is 35.5. The lowest BCUT2D eigenvalue weighted by atomic mass is 10.1. The van der Waals surface area contributed by atoms with Crippen LogP contribution in [0.25, 0.3) is 0 Å². The zero-order valence-electron chi connectivity index (χ0n) is 14.3. The summed E-state index contributed by atoms with van der Waals surface area (Å²) in [7, 11) is 0. The highest BCUT2D eigenvalue weighted by Gasteiger charge is 2.25. The Morgan fingerprint density at radius 3 is 2.67 bits per heavy atom. The molecule has 0 radical (unpaired) electrons. The normalized spacial score (nSPS) is 16.3. The van der Waals surface area contributed by atoms with Gasteiger partial charge < -0.3 is 15.5 Å². The van der Waals surface area contributed by atoms with Crippen molar-refractivity contribution in [2.45, 2.75) is 38.6 Å². The molecule has 5 nitrogen and oxygen atoms in total. The number of halogens is 1. The van der Waals surface area contributed by atoms with Crippen LogP contribution in [0.2, 0.25) is 0 Å². The quantitative estimate of drug-likeness (QED) is 0.748. The van der Waals surface area contributed by atoms with Gasteiger partial charge >= 0.3 is 0 Å². The average Bonchev–Trinajstić information content (AvgIpc) is 3.07. The summed E-state index contributed by atoms with van der Waals surface area (Å²) < 4.78 is 0. The summed E-state index contributed by atoms with van der Waals surface area (Å²) >= 11 is 0. The zero-order valence-corrected chi connectivity index (χ0v) is 15.1. The fourth-order valence-corrected chi connectivity index (χ4v) is 2.95. The van der Waals surface area contributed by atoms with E-state index in [2.05, 4.69) is 17.6 Å². The van der Waals surface area contributed by atoms with Crippen LogP contribution in [0.4, 0.5) is 0 Å². The molecule has 24 heavy (non-hydrogen) atoms. The van der Waals surface area contributed by atoms with Gasteiger partial charge in [-0.05, 0) is 24.9 Å². The predicted molar refractivity (Wildman–Crippen MR) is 98.3 cm³/mol. The molecule has 1 fully saturated rings. The van der Waals surface area contributed by atoms with Gasteiger partial charge in [0.1, 0.15) is 0 Å². The molecule has 1 aromatic rings. The summed E-state index contributed by atoms with van der Waals surface area (Å²) in [5.74, 6) is 0.106. The third-order valence-electron chi connectivity index (χ3n) is 4.13. The molecule has 2 rings (SSSR count). The highest BCUT2D eigenvalue weighted by molar-refractivity contribution is 5.85. The Morgan fingerprint density at radius 1 is 1.29 bits per heavy atom. The van der Waals surface area contributed by atoms with Crippen LogP contribution in [-0.4, -0.2) is 48.9 Å². The van der Waals surface area contributed by atoms with E-state index in [-0.39, 0.29) is 24.2 Å². The molecule has 2 N–H and O–H groups in total. The van der Waals surface area contributed by atoms with Gasteiger partial charge in [0.05, 0.1) is 6.42 Å². The Hall–Kier alpha value is -1.59. The van der Waals surface area contributed by atoms with Crippen molar-refractivity contribution in [3.8, 4) is 0 Å². The van der Waals surface area contributed by atoms with Crippen LogP contribution < -0.4 is 10.6 Å². The fraction of sp³-hybridized carbons (Fsp3) is 0.556. The van der Waals surface area contributed by atoms with Gasteiger partial charge in [0, 0.05) is 32.1 Å². The smallest absolute Gasteiger partial charge is 0.224 e. The fourth-order valence-electron chi connectivity index (χ4n) is 2.95. The number of nitrogens with one attached hydrogen (secondary N) is 2.